The molecule has 3 aromatic rings. The van der Waals surface area contributed by atoms with E-state index in [0.717, 1.165) is 11.1 Å². The lowest BCUT2D eigenvalue weighted by molar-refractivity contribution is 0.0959. The van der Waals surface area contributed by atoms with Crippen LogP contribution >= 0.6 is 11.3 Å². The predicted octanol–water partition coefficient (Wildman–Crippen LogP) is 0.980. The van der Waals surface area contributed by atoms with E-state index in [-0.39, 0.29) is 5.91 Å². The van der Waals surface area contributed by atoms with Crippen LogP contribution in [0.4, 0.5) is 5.69 Å². The smallest absolute Gasteiger partial charge is 0.263 e. The molecule has 0 bridgehead atoms. The Kier molecular flexibility index (Phi) is 3.53. The molecule has 3 aromatic heterocycles. The third kappa shape index (κ3) is 2.57. The summed E-state index contributed by atoms with van der Waals surface area (Å²) in [5.74, 6) is -0.183. The van der Waals surface area contributed by atoms with E-state index in [4.69, 9.17) is 5.73 Å². The highest BCUT2D eigenvalue weighted by Crippen LogP contribution is 2.31. The molecule has 0 aliphatic carbocycles. The van der Waals surface area contributed by atoms with E-state index >= 15 is 0 Å². The van der Waals surface area contributed by atoms with E-state index in [1.807, 2.05) is 13.1 Å². The molecule has 1 amide bonds. The molecule has 0 spiro atoms. The molecule has 0 saturated heterocycles. The Morgan fingerprint density at radius 2 is 2.29 bits per heavy atom. The van der Waals surface area contributed by atoms with Gasteiger partial charge >= 0.3 is 0 Å². The summed E-state index contributed by atoms with van der Waals surface area (Å²) in [6.07, 6.45) is 4.02. The van der Waals surface area contributed by atoms with Crippen molar-refractivity contribution < 1.29 is 4.79 Å². The number of carbonyl (C=O) groups excluding carboxylic acids is 1. The largest absolute Gasteiger partial charge is 0.397 e. The molecule has 3 N–H and O–H groups in total. The summed E-state index contributed by atoms with van der Waals surface area (Å²) in [6.45, 7) is 0.526. The SMILES string of the molecule is Cn1nccc1CCNC(=O)c1sc2nnccc2c1N. The van der Waals surface area contributed by atoms with Crippen molar-refractivity contribution in [1.82, 2.24) is 25.3 Å². The van der Waals surface area contributed by atoms with E-state index in [1.54, 1.807) is 23.1 Å². The van der Waals surface area contributed by atoms with E-state index in [2.05, 4.69) is 20.6 Å². The summed E-state index contributed by atoms with van der Waals surface area (Å²) in [4.78, 5) is 13.4. The number of hydrogen-bond donors (Lipinski definition) is 2. The van der Waals surface area contributed by atoms with Crippen molar-refractivity contribution in [2.45, 2.75) is 6.42 Å². The van der Waals surface area contributed by atoms with Gasteiger partial charge in [-0.05, 0) is 12.1 Å². The minimum atomic E-state index is -0.183. The van der Waals surface area contributed by atoms with Crippen LogP contribution in [0.15, 0.2) is 24.5 Å². The van der Waals surface area contributed by atoms with Crippen LogP contribution in [0.2, 0.25) is 0 Å². The number of aryl methyl sites for hydroxylation is 1. The summed E-state index contributed by atoms with van der Waals surface area (Å²) in [5.41, 5.74) is 7.52. The van der Waals surface area contributed by atoms with Crippen LogP contribution in [-0.4, -0.2) is 32.4 Å². The molecule has 0 radical (unpaired) electrons. The van der Waals surface area contributed by atoms with Crippen molar-refractivity contribution in [3.63, 3.8) is 0 Å². The van der Waals surface area contributed by atoms with Gasteiger partial charge in [0.15, 0.2) is 0 Å². The Labute approximate surface area is 124 Å². The minimum Gasteiger partial charge on any atom is -0.397 e. The average Bonchev–Trinajstić information content (AvgIpc) is 3.04. The van der Waals surface area contributed by atoms with Crippen molar-refractivity contribution >= 4 is 33.1 Å². The van der Waals surface area contributed by atoms with Gasteiger partial charge in [0.1, 0.15) is 9.71 Å². The zero-order valence-corrected chi connectivity index (χ0v) is 12.2. The molecule has 0 aliphatic heterocycles. The first-order valence-corrected chi connectivity index (χ1v) is 7.23. The maximum atomic E-state index is 12.2. The van der Waals surface area contributed by atoms with Gasteiger partial charge in [-0.25, -0.2) is 0 Å². The molecular formula is C13H14N6OS. The second-order valence-electron chi connectivity index (χ2n) is 4.55. The molecule has 3 rings (SSSR count). The minimum absolute atomic E-state index is 0.183. The van der Waals surface area contributed by atoms with E-state index in [0.29, 0.717) is 28.4 Å². The number of nitrogens with zero attached hydrogens (tertiary/aromatic N) is 4. The summed E-state index contributed by atoms with van der Waals surface area (Å²) in [7, 11) is 1.87. The van der Waals surface area contributed by atoms with Gasteiger partial charge in [0.05, 0.1) is 11.9 Å². The average molecular weight is 302 g/mol. The fourth-order valence-corrected chi connectivity index (χ4v) is 3.03. The molecule has 0 aliphatic rings. The predicted molar refractivity (Wildman–Crippen MR) is 81.1 cm³/mol. The van der Waals surface area contributed by atoms with Crippen LogP contribution in [0.3, 0.4) is 0 Å². The van der Waals surface area contributed by atoms with Gasteiger partial charge < -0.3 is 11.1 Å². The first-order valence-electron chi connectivity index (χ1n) is 6.41. The van der Waals surface area contributed by atoms with Crippen LogP contribution < -0.4 is 11.1 Å². The second kappa shape index (κ2) is 5.49. The van der Waals surface area contributed by atoms with Crippen LogP contribution in [0.5, 0.6) is 0 Å². The van der Waals surface area contributed by atoms with Crippen molar-refractivity contribution in [1.29, 1.82) is 0 Å². The quantitative estimate of drug-likeness (QED) is 0.748. The number of fused-ring (bicyclic) bond motifs is 1. The molecule has 0 saturated carbocycles. The third-order valence-corrected chi connectivity index (χ3v) is 4.32. The van der Waals surface area contributed by atoms with Crippen molar-refractivity contribution in [3.05, 3.63) is 35.1 Å². The van der Waals surface area contributed by atoms with E-state index in [1.165, 1.54) is 11.3 Å². The molecule has 3 heterocycles. The topological polar surface area (TPSA) is 98.7 Å². The number of nitrogens with two attached hydrogens (primary N) is 1. The van der Waals surface area contributed by atoms with Crippen molar-refractivity contribution in [2.75, 3.05) is 12.3 Å². The Hall–Kier alpha value is -2.48. The van der Waals surface area contributed by atoms with E-state index < -0.39 is 0 Å². The lowest BCUT2D eigenvalue weighted by Gasteiger charge is -2.04. The first-order chi connectivity index (χ1) is 10.2. The van der Waals surface area contributed by atoms with E-state index in [9.17, 15) is 4.79 Å². The van der Waals surface area contributed by atoms with Gasteiger partial charge in [0.2, 0.25) is 0 Å². The molecule has 7 nitrogen and oxygen atoms in total. The van der Waals surface area contributed by atoms with Gasteiger partial charge in [0.25, 0.3) is 5.91 Å². The maximum Gasteiger partial charge on any atom is 0.263 e. The monoisotopic (exact) mass is 302 g/mol. The number of hydrogen-bond acceptors (Lipinski definition) is 6. The Balaban J connectivity index is 1.70. The highest BCUT2D eigenvalue weighted by atomic mass is 32.1. The molecular weight excluding hydrogens is 288 g/mol. The Morgan fingerprint density at radius 3 is 3.00 bits per heavy atom. The van der Waals surface area contributed by atoms with Crippen molar-refractivity contribution in [2.24, 2.45) is 7.05 Å². The molecule has 0 unspecified atom stereocenters. The second-order valence-corrected chi connectivity index (χ2v) is 5.55. The van der Waals surface area contributed by atoms with Crippen LogP contribution in [0, 0.1) is 0 Å². The molecule has 0 aromatic carbocycles. The molecule has 0 atom stereocenters. The Bertz CT molecular complexity index is 793. The molecule has 0 fully saturated rings. The van der Waals surface area contributed by atoms with Gasteiger partial charge in [-0.1, -0.05) is 0 Å². The first kappa shape index (κ1) is 13.5. The summed E-state index contributed by atoms with van der Waals surface area (Å²) < 4.78 is 1.79. The lowest BCUT2D eigenvalue weighted by atomic mass is 10.2. The summed E-state index contributed by atoms with van der Waals surface area (Å²) in [5, 5.41) is 15.5. The van der Waals surface area contributed by atoms with Crippen LogP contribution in [-0.2, 0) is 13.5 Å². The van der Waals surface area contributed by atoms with Gasteiger partial charge in [-0.15, -0.1) is 16.4 Å². The fourth-order valence-electron chi connectivity index (χ4n) is 2.07. The highest BCUT2D eigenvalue weighted by molar-refractivity contribution is 7.21. The number of amides is 1. The highest BCUT2D eigenvalue weighted by Gasteiger charge is 2.16. The van der Waals surface area contributed by atoms with Gasteiger partial charge in [-0.2, -0.15) is 10.2 Å². The number of nitrogen functional groups attached to an aromatic ring is 1. The fraction of sp³-hybridized carbons (Fsp3) is 0.231. The number of anilines is 1. The number of nitrogens with one attached hydrogen (secondary N) is 1. The van der Waals surface area contributed by atoms with Gasteiger partial charge in [-0.3, -0.25) is 9.48 Å². The van der Waals surface area contributed by atoms with Crippen LogP contribution in [0.1, 0.15) is 15.4 Å². The summed E-state index contributed by atoms with van der Waals surface area (Å²) >= 11 is 1.25. The third-order valence-electron chi connectivity index (χ3n) is 3.22. The number of carbonyl (C=O) groups is 1. The maximum absolute atomic E-state index is 12.2. The number of thiophene rings is 1. The normalized spacial score (nSPS) is 10.9. The summed E-state index contributed by atoms with van der Waals surface area (Å²) in [6, 6.07) is 3.69. The Morgan fingerprint density at radius 1 is 1.43 bits per heavy atom. The zero-order chi connectivity index (χ0) is 14.8. The van der Waals surface area contributed by atoms with Crippen molar-refractivity contribution in [3.8, 4) is 0 Å². The molecule has 108 valence electrons. The zero-order valence-electron chi connectivity index (χ0n) is 11.4. The number of rotatable bonds is 4. The molecule has 8 heteroatoms. The molecule has 21 heavy (non-hydrogen) atoms. The van der Waals surface area contributed by atoms with Crippen LogP contribution in [0.25, 0.3) is 10.2 Å². The number of aromatic nitrogens is 4. The standard InChI is InChI=1S/C13H14N6OS/c1-19-8(3-7-17-19)2-5-15-12(20)11-10(14)9-4-6-16-18-13(9)21-11/h3-4,6-7H,2,5,14H2,1H3,(H,15,20). The lowest BCUT2D eigenvalue weighted by Crippen LogP contribution is -2.26. The van der Waals surface area contributed by atoms with Gasteiger partial charge in [0, 0.05) is 37.3 Å².